The number of hydrogen-bond donors (Lipinski definition) is 8. The molecule has 10 N–H and O–H groups in total. The van der Waals surface area contributed by atoms with Crippen LogP contribution in [0.1, 0.15) is 67.9 Å². The number of ether oxygens (including phenoxy) is 2. The molecule has 17 heteroatoms. The number of carbonyl (C=O) groups excluding carboxylic acids is 5. The Labute approximate surface area is 297 Å². The first-order valence-corrected chi connectivity index (χ1v) is 15.6. The number of carbonyl (C=O) groups is 5. The molecule has 0 spiro atoms. The van der Waals surface area contributed by atoms with Crippen molar-refractivity contribution in [1.82, 2.24) is 31.9 Å². The lowest BCUT2D eigenvalue weighted by Crippen LogP contribution is -2.37. The van der Waals surface area contributed by atoms with Gasteiger partial charge in [0.25, 0.3) is 0 Å². The Kier molecular flexibility index (Phi) is 33.2. The second kappa shape index (κ2) is 30.9. The van der Waals surface area contributed by atoms with E-state index in [9.17, 15) is 24.0 Å². The Morgan fingerprint density at radius 1 is 0.604 bits per heavy atom. The van der Waals surface area contributed by atoms with Gasteiger partial charge >= 0.3 is 12.2 Å². The number of benzene rings is 1. The lowest BCUT2D eigenvalue weighted by molar-refractivity contribution is -0.119. The maximum Gasteiger partial charge on any atom is 0.407 e. The lowest BCUT2D eigenvalue weighted by atomic mass is 10.2. The average Bonchev–Trinajstić information content (AvgIpc) is 2.93. The van der Waals surface area contributed by atoms with Gasteiger partial charge in [-0.05, 0) is 59.2 Å². The van der Waals surface area contributed by atoms with Crippen molar-refractivity contribution < 1.29 is 33.4 Å². The molecule has 0 aliphatic rings. The normalized spacial score (nSPS) is 9.92. The van der Waals surface area contributed by atoms with E-state index in [0.29, 0.717) is 45.8 Å². The molecule has 0 fully saturated rings. The van der Waals surface area contributed by atoms with Crippen molar-refractivity contribution in [2.45, 2.75) is 80.1 Å². The highest BCUT2D eigenvalue weighted by Crippen LogP contribution is 2.09. The number of nitrogens with two attached hydrogens (primary N) is 2. The molecule has 0 saturated carbocycles. The van der Waals surface area contributed by atoms with Gasteiger partial charge in [-0.25, -0.2) is 9.59 Å². The molecular formula is C31H60Cl2N8O7. The molecule has 48 heavy (non-hydrogen) atoms. The van der Waals surface area contributed by atoms with Crippen LogP contribution in [-0.2, 0) is 30.4 Å². The van der Waals surface area contributed by atoms with Crippen LogP contribution in [0.15, 0.2) is 24.3 Å². The minimum atomic E-state index is -0.488. The zero-order valence-electron chi connectivity index (χ0n) is 30.0. The van der Waals surface area contributed by atoms with E-state index in [1.54, 1.807) is 20.8 Å². The van der Waals surface area contributed by atoms with Gasteiger partial charge in [0, 0.05) is 84.7 Å². The predicted molar refractivity (Wildman–Crippen MR) is 193 cm³/mol. The summed E-state index contributed by atoms with van der Waals surface area (Å²) >= 11 is 5.76. The molecule has 0 aromatic heterocycles. The molecule has 0 aliphatic carbocycles. The van der Waals surface area contributed by atoms with E-state index in [0.717, 1.165) is 18.1 Å². The summed E-state index contributed by atoms with van der Waals surface area (Å²) in [6.07, 6.45) is -0.884. The van der Waals surface area contributed by atoms with Gasteiger partial charge in [0.2, 0.25) is 17.7 Å². The number of hydrogen-bond acceptors (Lipinski definition) is 10. The van der Waals surface area contributed by atoms with Crippen molar-refractivity contribution in [2.24, 2.45) is 11.5 Å². The summed E-state index contributed by atoms with van der Waals surface area (Å²) < 4.78 is 9.92. The van der Waals surface area contributed by atoms with Crippen molar-refractivity contribution in [3.05, 3.63) is 34.9 Å². The van der Waals surface area contributed by atoms with E-state index in [2.05, 4.69) is 31.9 Å². The van der Waals surface area contributed by atoms with E-state index < -0.39 is 23.4 Å². The topological polar surface area (TPSA) is 228 Å². The van der Waals surface area contributed by atoms with Crippen LogP contribution in [0.4, 0.5) is 9.59 Å². The van der Waals surface area contributed by atoms with Crippen LogP contribution in [0.25, 0.3) is 0 Å². The third kappa shape index (κ3) is 47.0. The first-order valence-electron chi connectivity index (χ1n) is 15.2. The van der Waals surface area contributed by atoms with Gasteiger partial charge in [0.15, 0.2) is 0 Å². The summed E-state index contributed by atoms with van der Waals surface area (Å²) in [6, 6.07) is 7.69. The molecule has 1 aromatic rings. The molecular weight excluding hydrogens is 667 g/mol. The zero-order valence-corrected chi connectivity index (χ0v) is 31.5. The Hall–Kier alpha value is -3.37. The zero-order chi connectivity index (χ0) is 36.9. The predicted octanol–water partition coefficient (Wildman–Crippen LogP) is 2.19. The van der Waals surface area contributed by atoms with Crippen molar-refractivity contribution in [1.29, 1.82) is 0 Å². The van der Waals surface area contributed by atoms with Crippen LogP contribution in [0.5, 0.6) is 0 Å². The van der Waals surface area contributed by atoms with Crippen LogP contribution < -0.4 is 43.4 Å². The largest absolute Gasteiger partial charge is 0.444 e. The van der Waals surface area contributed by atoms with Crippen molar-refractivity contribution in [2.75, 3.05) is 52.4 Å². The molecule has 280 valence electrons. The monoisotopic (exact) mass is 726 g/mol. The molecule has 0 heterocycles. The number of amides is 5. The van der Waals surface area contributed by atoms with Gasteiger partial charge in [-0.2, -0.15) is 0 Å². The van der Waals surface area contributed by atoms with Gasteiger partial charge in [0.05, 0.1) is 0 Å². The fraction of sp³-hybridized carbons (Fsp3) is 0.645. The smallest absolute Gasteiger partial charge is 0.407 e. The lowest BCUT2D eigenvalue weighted by Gasteiger charge is -2.19. The highest BCUT2D eigenvalue weighted by atomic mass is 35.5. The first kappa shape index (κ1) is 51.5. The van der Waals surface area contributed by atoms with Crippen molar-refractivity contribution in [3.8, 4) is 0 Å². The molecule has 0 bridgehead atoms. The molecule has 0 radical (unpaired) electrons. The van der Waals surface area contributed by atoms with E-state index in [-0.39, 0.29) is 30.1 Å². The SMILES string of the molecule is CC(=O)NCCN.CC(=O)NCCNC(=O)OC(C)(C)C.CC(=O)NCCNCc1ccc(Cl)cc1.CC(C)(C)OC(=O)NCCN.Cl. The summed E-state index contributed by atoms with van der Waals surface area (Å²) in [5.74, 6) is -0.135. The van der Waals surface area contributed by atoms with Gasteiger partial charge < -0.3 is 52.8 Å². The molecule has 1 rings (SSSR count). The summed E-state index contributed by atoms with van der Waals surface area (Å²) in [7, 11) is 0. The highest BCUT2D eigenvalue weighted by molar-refractivity contribution is 6.30. The van der Waals surface area contributed by atoms with E-state index in [1.165, 1.54) is 26.3 Å². The molecule has 5 amide bonds. The van der Waals surface area contributed by atoms with Crippen LogP contribution in [-0.4, -0.2) is 93.5 Å². The van der Waals surface area contributed by atoms with Crippen molar-refractivity contribution >= 4 is 53.9 Å². The molecule has 15 nitrogen and oxygen atoms in total. The first-order chi connectivity index (χ1) is 21.7. The van der Waals surface area contributed by atoms with Crippen LogP contribution in [0.3, 0.4) is 0 Å². The Balaban J connectivity index is -0.000000276. The Morgan fingerprint density at radius 3 is 1.29 bits per heavy atom. The third-order valence-corrected chi connectivity index (χ3v) is 4.67. The summed E-state index contributed by atoms with van der Waals surface area (Å²) in [5, 5.41) is 16.8. The standard InChI is InChI=1S/C11H15ClN2O.C9H18N2O3.C7H16N2O2.C4H10N2O.ClH/c1-9(15)14-7-6-13-8-10-2-4-11(12)5-3-10;1-7(12)10-5-6-11-8(13)14-9(2,3)4;1-7(2,3)11-6(10)9-5-4-8;1-4(7)6-3-2-5;/h2-5,13H,6-8H2,1H3,(H,14,15);5-6H2,1-4H3,(H,10,12)(H,11,13);4-5,8H2,1-3H3,(H,9,10);2-3,5H2,1H3,(H,6,7);1H. The summed E-state index contributed by atoms with van der Waals surface area (Å²) in [5.41, 5.74) is 10.5. The van der Waals surface area contributed by atoms with Crippen LogP contribution >= 0.6 is 24.0 Å². The summed E-state index contributed by atoms with van der Waals surface area (Å²) in [6.45, 7) is 20.2. The maximum atomic E-state index is 11.1. The number of alkyl carbamates (subject to hydrolysis) is 2. The fourth-order valence-electron chi connectivity index (χ4n) is 2.62. The second-order valence-corrected chi connectivity index (χ2v) is 12.1. The number of rotatable bonds is 12. The third-order valence-electron chi connectivity index (χ3n) is 4.42. The Bertz CT molecular complexity index is 1020. The van der Waals surface area contributed by atoms with Crippen LogP contribution in [0.2, 0.25) is 5.02 Å². The average molecular weight is 728 g/mol. The number of nitrogens with one attached hydrogen (secondary N) is 6. The Morgan fingerprint density at radius 2 is 0.938 bits per heavy atom. The second-order valence-electron chi connectivity index (χ2n) is 11.7. The highest BCUT2D eigenvalue weighted by Gasteiger charge is 2.16. The minimum absolute atomic E-state index is 0. The minimum Gasteiger partial charge on any atom is -0.444 e. The fourth-order valence-corrected chi connectivity index (χ4v) is 2.74. The van der Waals surface area contributed by atoms with E-state index in [4.69, 9.17) is 32.5 Å². The van der Waals surface area contributed by atoms with Gasteiger partial charge in [-0.1, -0.05) is 23.7 Å². The quantitative estimate of drug-likeness (QED) is 0.146. The van der Waals surface area contributed by atoms with Crippen LogP contribution in [0, 0.1) is 0 Å². The van der Waals surface area contributed by atoms with Gasteiger partial charge in [0.1, 0.15) is 11.2 Å². The van der Waals surface area contributed by atoms with E-state index >= 15 is 0 Å². The van der Waals surface area contributed by atoms with Gasteiger partial charge in [-0.3, -0.25) is 14.4 Å². The summed E-state index contributed by atoms with van der Waals surface area (Å²) in [4.78, 5) is 52.9. The van der Waals surface area contributed by atoms with Crippen molar-refractivity contribution in [3.63, 3.8) is 0 Å². The molecule has 0 atom stereocenters. The number of halogens is 2. The van der Waals surface area contributed by atoms with E-state index in [1.807, 2.05) is 45.0 Å². The molecule has 0 unspecified atom stereocenters. The maximum absolute atomic E-state index is 11.1. The molecule has 0 saturated heterocycles. The molecule has 0 aliphatic heterocycles. The van der Waals surface area contributed by atoms with Gasteiger partial charge in [-0.15, -0.1) is 12.4 Å². The molecule has 1 aromatic carbocycles.